The van der Waals surface area contributed by atoms with Crippen LogP contribution in [-0.4, -0.2) is 18.3 Å². The first-order valence-electron chi connectivity index (χ1n) is 4.42. The van der Waals surface area contributed by atoms with Gasteiger partial charge >= 0.3 is 0 Å². The lowest BCUT2D eigenvalue weighted by Gasteiger charge is -2.12. The highest BCUT2D eigenvalue weighted by molar-refractivity contribution is 6.35. The van der Waals surface area contributed by atoms with Crippen LogP contribution in [0.1, 0.15) is 17.2 Å². The Morgan fingerprint density at radius 1 is 1.36 bits per heavy atom. The SMILES string of the molecule is OC1COCCc2c(Cl)cc(Cl)cc21. The molecule has 76 valence electrons. The van der Waals surface area contributed by atoms with Gasteiger partial charge in [0, 0.05) is 10.0 Å². The summed E-state index contributed by atoms with van der Waals surface area (Å²) in [5.74, 6) is 0. The molecule has 1 aromatic carbocycles. The molecule has 0 saturated heterocycles. The van der Waals surface area contributed by atoms with Gasteiger partial charge in [-0.05, 0) is 29.7 Å². The van der Waals surface area contributed by atoms with Crippen LogP contribution in [0.3, 0.4) is 0 Å². The molecule has 4 heteroatoms. The molecule has 1 unspecified atom stereocenters. The summed E-state index contributed by atoms with van der Waals surface area (Å²) in [6.45, 7) is 0.898. The molecule has 0 aromatic heterocycles. The number of hydrogen-bond donors (Lipinski definition) is 1. The number of benzene rings is 1. The summed E-state index contributed by atoms with van der Waals surface area (Å²) in [5, 5.41) is 10.9. The topological polar surface area (TPSA) is 29.5 Å². The number of fused-ring (bicyclic) bond motifs is 1. The Labute approximate surface area is 92.4 Å². The molecule has 1 aromatic rings. The molecule has 14 heavy (non-hydrogen) atoms. The number of aliphatic hydroxyl groups is 1. The zero-order chi connectivity index (χ0) is 10.1. The average Bonchev–Trinajstić information content (AvgIpc) is 2.29. The lowest BCUT2D eigenvalue weighted by molar-refractivity contribution is 0.0452. The first-order valence-corrected chi connectivity index (χ1v) is 5.17. The number of hydrogen-bond acceptors (Lipinski definition) is 2. The van der Waals surface area contributed by atoms with Gasteiger partial charge in [-0.3, -0.25) is 0 Å². The van der Waals surface area contributed by atoms with Crippen LogP contribution >= 0.6 is 23.2 Å². The molecule has 0 saturated carbocycles. The number of aliphatic hydroxyl groups excluding tert-OH is 1. The summed E-state index contributed by atoms with van der Waals surface area (Å²) in [4.78, 5) is 0. The summed E-state index contributed by atoms with van der Waals surface area (Å²) in [6, 6.07) is 3.45. The van der Waals surface area contributed by atoms with Gasteiger partial charge in [0.2, 0.25) is 0 Å². The maximum Gasteiger partial charge on any atom is 0.103 e. The quantitative estimate of drug-likeness (QED) is 0.746. The molecule has 1 atom stereocenters. The lowest BCUT2D eigenvalue weighted by atomic mass is 10.0. The van der Waals surface area contributed by atoms with Crippen LogP contribution in [0.4, 0.5) is 0 Å². The zero-order valence-electron chi connectivity index (χ0n) is 7.46. The number of rotatable bonds is 0. The van der Waals surface area contributed by atoms with E-state index in [1.807, 2.05) is 0 Å². The van der Waals surface area contributed by atoms with E-state index < -0.39 is 6.10 Å². The van der Waals surface area contributed by atoms with Gasteiger partial charge in [0.05, 0.1) is 13.2 Å². The van der Waals surface area contributed by atoms with E-state index in [0.29, 0.717) is 23.3 Å². The van der Waals surface area contributed by atoms with E-state index in [2.05, 4.69) is 0 Å². The van der Waals surface area contributed by atoms with Gasteiger partial charge in [-0.25, -0.2) is 0 Å². The minimum atomic E-state index is -0.622. The molecule has 0 bridgehead atoms. The van der Waals surface area contributed by atoms with E-state index in [1.165, 1.54) is 0 Å². The lowest BCUT2D eigenvalue weighted by Crippen LogP contribution is -2.04. The summed E-state index contributed by atoms with van der Waals surface area (Å²) in [5.41, 5.74) is 1.74. The molecule has 1 aliphatic heterocycles. The van der Waals surface area contributed by atoms with Crippen LogP contribution in [-0.2, 0) is 11.2 Å². The fraction of sp³-hybridized carbons (Fsp3) is 0.400. The maximum atomic E-state index is 9.75. The van der Waals surface area contributed by atoms with Gasteiger partial charge in [0.15, 0.2) is 0 Å². The monoisotopic (exact) mass is 232 g/mol. The van der Waals surface area contributed by atoms with Crippen molar-refractivity contribution in [1.82, 2.24) is 0 Å². The molecule has 1 N–H and O–H groups in total. The molecule has 1 heterocycles. The Kier molecular flexibility index (Phi) is 2.98. The van der Waals surface area contributed by atoms with Gasteiger partial charge in [-0.15, -0.1) is 0 Å². The van der Waals surface area contributed by atoms with Gasteiger partial charge in [0.1, 0.15) is 6.10 Å². The normalized spacial score (nSPS) is 21.5. The fourth-order valence-electron chi connectivity index (χ4n) is 1.64. The third kappa shape index (κ3) is 1.89. The van der Waals surface area contributed by atoms with Crippen LogP contribution in [0.2, 0.25) is 10.0 Å². The minimum Gasteiger partial charge on any atom is -0.386 e. The minimum absolute atomic E-state index is 0.309. The maximum absolute atomic E-state index is 9.75. The second kappa shape index (κ2) is 4.07. The number of ether oxygens (including phenoxy) is 1. The third-order valence-electron chi connectivity index (χ3n) is 2.33. The summed E-state index contributed by atoms with van der Waals surface area (Å²) in [6.07, 6.45) is 0.103. The van der Waals surface area contributed by atoms with Crippen molar-refractivity contribution in [3.05, 3.63) is 33.3 Å². The standard InChI is InChI=1S/C10H10Cl2O2/c11-6-3-8-7(9(12)4-6)1-2-14-5-10(8)13/h3-4,10,13H,1-2,5H2. The molecule has 1 aliphatic rings. The highest BCUT2D eigenvalue weighted by Gasteiger charge is 2.19. The Balaban J connectivity index is 2.53. The van der Waals surface area contributed by atoms with Crippen LogP contribution < -0.4 is 0 Å². The molecular weight excluding hydrogens is 223 g/mol. The molecule has 2 nitrogen and oxygen atoms in total. The first kappa shape index (κ1) is 10.2. The zero-order valence-corrected chi connectivity index (χ0v) is 8.98. The van der Waals surface area contributed by atoms with E-state index in [-0.39, 0.29) is 0 Å². The highest BCUT2D eigenvalue weighted by atomic mass is 35.5. The van der Waals surface area contributed by atoms with Gasteiger partial charge in [0.25, 0.3) is 0 Å². The molecule has 0 amide bonds. The van der Waals surface area contributed by atoms with Crippen LogP contribution in [0, 0.1) is 0 Å². The summed E-state index contributed by atoms with van der Waals surface area (Å²) >= 11 is 11.9. The second-order valence-electron chi connectivity index (χ2n) is 3.30. The Bertz CT molecular complexity index is 352. The average molecular weight is 233 g/mol. The Hall–Kier alpha value is -0.280. The molecule has 0 aliphatic carbocycles. The fourth-order valence-corrected chi connectivity index (χ4v) is 2.25. The van der Waals surface area contributed by atoms with E-state index in [1.54, 1.807) is 12.1 Å². The predicted octanol–water partition coefficient (Wildman–Crippen LogP) is 2.60. The van der Waals surface area contributed by atoms with Crippen LogP contribution in [0.15, 0.2) is 12.1 Å². The number of halogens is 2. The van der Waals surface area contributed by atoms with Crippen molar-refractivity contribution in [2.45, 2.75) is 12.5 Å². The molecule has 0 radical (unpaired) electrons. The van der Waals surface area contributed by atoms with Gasteiger partial charge < -0.3 is 9.84 Å². The van der Waals surface area contributed by atoms with Crippen LogP contribution in [0.5, 0.6) is 0 Å². The van der Waals surface area contributed by atoms with Crippen molar-refractivity contribution in [3.63, 3.8) is 0 Å². The third-order valence-corrected chi connectivity index (χ3v) is 2.88. The first-order chi connectivity index (χ1) is 6.68. The van der Waals surface area contributed by atoms with Gasteiger partial charge in [-0.2, -0.15) is 0 Å². The summed E-state index contributed by atoms with van der Waals surface area (Å²) < 4.78 is 5.23. The molecule has 0 fully saturated rings. The summed E-state index contributed by atoms with van der Waals surface area (Å²) in [7, 11) is 0. The molecular formula is C10H10Cl2O2. The van der Waals surface area contributed by atoms with Crippen LogP contribution in [0.25, 0.3) is 0 Å². The van der Waals surface area contributed by atoms with Crippen molar-refractivity contribution in [2.75, 3.05) is 13.2 Å². The Morgan fingerprint density at radius 3 is 2.93 bits per heavy atom. The van der Waals surface area contributed by atoms with Crippen molar-refractivity contribution in [3.8, 4) is 0 Å². The van der Waals surface area contributed by atoms with E-state index in [4.69, 9.17) is 27.9 Å². The van der Waals surface area contributed by atoms with E-state index in [0.717, 1.165) is 17.5 Å². The van der Waals surface area contributed by atoms with Gasteiger partial charge in [-0.1, -0.05) is 23.2 Å². The predicted molar refractivity (Wildman–Crippen MR) is 55.9 cm³/mol. The molecule has 2 rings (SSSR count). The molecule has 0 spiro atoms. The Morgan fingerprint density at radius 2 is 2.14 bits per heavy atom. The smallest absolute Gasteiger partial charge is 0.103 e. The van der Waals surface area contributed by atoms with Crippen molar-refractivity contribution < 1.29 is 9.84 Å². The second-order valence-corrected chi connectivity index (χ2v) is 4.14. The van der Waals surface area contributed by atoms with Crippen molar-refractivity contribution >= 4 is 23.2 Å². The van der Waals surface area contributed by atoms with Crippen molar-refractivity contribution in [2.24, 2.45) is 0 Å². The van der Waals surface area contributed by atoms with E-state index >= 15 is 0 Å². The largest absolute Gasteiger partial charge is 0.386 e. The highest BCUT2D eigenvalue weighted by Crippen LogP contribution is 2.31. The van der Waals surface area contributed by atoms with E-state index in [9.17, 15) is 5.11 Å². The van der Waals surface area contributed by atoms with Crippen molar-refractivity contribution in [1.29, 1.82) is 0 Å².